The van der Waals surface area contributed by atoms with Crippen LogP contribution in [0.25, 0.3) is 0 Å². The second-order valence-corrected chi connectivity index (χ2v) is 8.94. The first kappa shape index (κ1) is 26.8. The molecule has 0 heterocycles. The van der Waals surface area contributed by atoms with Crippen LogP contribution in [0.5, 0.6) is 0 Å². The van der Waals surface area contributed by atoms with Crippen molar-refractivity contribution in [3.8, 4) is 0 Å². The lowest BCUT2D eigenvalue weighted by Gasteiger charge is -2.12. The van der Waals surface area contributed by atoms with Crippen molar-refractivity contribution in [3.05, 3.63) is 119 Å². The first-order chi connectivity index (χ1) is 18.7. The van der Waals surface area contributed by atoms with Crippen LogP contribution in [0.4, 0.5) is 22.7 Å². The predicted molar refractivity (Wildman–Crippen MR) is 154 cm³/mol. The number of aryl methyl sites for hydroxylation is 1. The topological polar surface area (TPSA) is 116 Å². The maximum Gasteiger partial charge on any atom is 0.255 e. The van der Waals surface area contributed by atoms with Crippen molar-refractivity contribution >= 4 is 46.3 Å². The summed E-state index contributed by atoms with van der Waals surface area (Å²) in [6.45, 7) is 3.35. The van der Waals surface area contributed by atoms with E-state index in [9.17, 15) is 19.2 Å². The lowest BCUT2D eigenvalue weighted by Crippen LogP contribution is -2.16. The Balaban J connectivity index is 1.46. The molecule has 0 radical (unpaired) electrons. The normalized spacial score (nSPS) is 10.3. The Morgan fingerprint density at radius 3 is 1.85 bits per heavy atom. The Morgan fingerprint density at radius 1 is 0.538 bits per heavy atom. The third-order valence-corrected chi connectivity index (χ3v) is 6.07. The molecule has 4 rings (SSSR count). The number of carbonyl (C=O) groups excluding carboxylic acids is 4. The van der Waals surface area contributed by atoms with Gasteiger partial charge in [-0.3, -0.25) is 19.2 Å². The van der Waals surface area contributed by atoms with E-state index in [1.54, 1.807) is 67.7 Å². The average molecular weight is 521 g/mol. The Bertz CT molecular complexity index is 1560. The molecule has 0 saturated heterocycles. The summed E-state index contributed by atoms with van der Waals surface area (Å²) in [5.41, 5.74) is 4.77. The van der Waals surface area contributed by atoms with Gasteiger partial charge in [-0.05, 0) is 80.1 Å². The molecule has 0 atom stereocenters. The van der Waals surface area contributed by atoms with Crippen LogP contribution in [0.1, 0.15) is 53.9 Å². The number of anilines is 4. The number of hydrogen-bond donors (Lipinski definition) is 4. The summed E-state index contributed by atoms with van der Waals surface area (Å²) in [7, 11) is 1.71. The lowest BCUT2D eigenvalue weighted by molar-refractivity contribution is 0.100. The van der Waals surface area contributed by atoms with Gasteiger partial charge in [0.15, 0.2) is 5.78 Å². The monoisotopic (exact) mass is 520 g/mol. The van der Waals surface area contributed by atoms with Crippen molar-refractivity contribution in [2.45, 2.75) is 13.8 Å². The molecule has 0 aromatic heterocycles. The van der Waals surface area contributed by atoms with Gasteiger partial charge in [0.25, 0.3) is 17.7 Å². The van der Waals surface area contributed by atoms with Gasteiger partial charge in [-0.1, -0.05) is 30.3 Å². The third-order valence-electron chi connectivity index (χ3n) is 6.07. The van der Waals surface area contributed by atoms with E-state index in [0.29, 0.717) is 39.3 Å². The Kier molecular flexibility index (Phi) is 8.16. The second kappa shape index (κ2) is 11.9. The van der Waals surface area contributed by atoms with E-state index in [0.717, 1.165) is 11.3 Å². The van der Waals surface area contributed by atoms with Crippen LogP contribution >= 0.6 is 0 Å². The van der Waals surface area contributed by atoms with Crippen molar-refractivity contribution in [3.63, 3.8) is 0 Å². The highest BCUT2D eigenvalue weighted by Gasteiger charge is 2.14. The summed E-state index contributed by atoms with van der Waals surface area (Å²) in [5, 5.41) is 11.5. The van der Waals surface area contributed by atoms with Crippen molar-refractivity contribution in [2.75, 3.05) is 28.3 Å². The van der Waals surface area contributed by atoms with E-state index in [1.807, 2.05) is 31.2 Å². The molecule has 4 N–H and O–H groups in total. The van der Waals surface area contributed by atoms with E-state index in [-0.39, 0.29) is 11.7 Å². The van der Waals surface area contributed by atoms with Gasteiger partial charge in [-0.15, -0.1) is 0 Å². The van der Waals surface area contributed by atoms with Crippen LogP contribution in [0.3, 0.4) is 0 Å². The summed E-state index contributed by atoms with van der Waals surface area (Å²) < 4.78 is 0. The molecule has 4 aromatic carbocycles. The zero-order chi connectivity index (χ0) is 27.9. The predicted octanol–water partition coefficient (Wildman–Crippen LogP) is 6.00. The lowest BCUT2D eigenvalue weighted by atomic mass is 10.1. The van der Waals surface area contributed by atoms with Crippen molar-refractivity contribution in [1.29, 1.82) is 0 Å². The maximum atomic E-state index is 13.0. The van der Waals surface area contributed by atoms with E-state index in [1.165, 1.54) is 13.0 Å². The molecular formula is C31H28N4O4. The first-order valence-electron chi connectivity index (χ1n) is 12.3. The van der Waals surface area contributed by atoms with E-state index in [2.05, 4.69) is 21.3 Å². The number of para-hydroxylation sites is 1. The standard InChI is InChI=1S/C31H28N4O4/c1-19-7-4-5-10-28(19)35-29(37)21-11-13-25(14-12-21)33-31(39)24-16-26(32-3)18-27(17-24)34-30(38)23-9-6-8-22(15-23)20(2)36/h4-18,32H,1-3H3,(H,33,39)(H,34,38)(H,35,37). The number of benzene rings is 4. The van der Waals surface area contributed by atoms with Crippen LogP contribution in [0.2, 0.25) is 0 Å². The van der Waals surface area contributed by atoms with Crippen LogP contribution in [-0.4, -0.2) is 30.6 Å². The van der Waals surface area contributed by atoms with E-state index < -0.39 is 11.8 Å². The maximum absolute atomic E-state index is 13.0. The number of amides is 3. The molecule has 0 aliphatic carbocycles. The van der Waals surface area contributed by atoms with Crippen LogP contribution in [0.15, 0.2) is 91.0 Å². The van der Waals surface area contributed by atoms with Crippen LogP contribution < -0.4 is 21.3 Å². The molecule has 0 fully saturated rings. The molecule has 3 amide bonds. The van der Waals surface area contributed by atoms with Crippen molar-refractivity contribution < 1.29 is 19.2 Å². The number of Topliss-reactive ketones (excluding diaryl/α,β-unsaturated/α-hetero) is 1. The minimum atomic E-state index is -0.405. The van der Waals surface area contributed by atoms with Crippen LogP contribution in [0, 0.1) is 6.92 Å². The highest BCUT2D eigenvalue weighted by Crippen LogP contribution is 2.22. The van der Waals surface area contributed by atoms with Crippen molar-refractivity contribution in [2.24, 2.45) is 0 Å². The molecule has 8 nitrogen and oxygen atoms in total. The summed E-state index contributed by atoms with van der Waals surface area (Å²) in [6.07, 6.45) is 0. The summed E-state index contributed by atoms with van der Waals surface area (Å²) >= 11 is 0. The van der Waals surface area contributed by atoms with Gasteiger partial charge in [0, 0.05) is 52.1 Å². The van der Waals surface area contributed by atoms with Gasteiger partial charge in [0.2, 0.25) is 0 Å². The van der Waals surface area contributed by atoms with E-state index in [4.69, 9.17) is 0 Å². The summed E-state index contributed by atoms with van der Waals surface area (Å²) in [4.78, 5) is 50.1. The number of rotatable bonds is 8. The second-order valence-electron chi connectivity index (χ2n) is 8.94. The number of carbonyl (C=O) groups is 4. The fourth-order valence-corrected chi connectivity index (χ4v) is 3.87. The molecule has 196 valence electrons. The Hall–Kier alpha value is -5.24. The molecular weight excluding hydrogens is 492 g/mol. The molecule has 0 aliphatic heterocycles. The first-order valence-corrected chi connectivity index (χ1v) is 12.3. The van der Waals surface area contributed by atoms with Gasteiger partial charge in [-0.25, -0.2) is 0 Å². The molecule has 4 aromatic rings. The molecule has 0 unspecified atom stereocenters. The molecule has 0 aliphatic rings. The molecule has 0 bridgehead atoms. The summed E-state index contributed by atoms with van der Waals surface area (Å²) in [5.74, 6) is -1.19. The number of hydrogen-bond acceptors (Lipinski definition) is 5. The quantitative estimate of drug-likeness (QED) is 0.213. The van der Waals surface area contributed by atoms with Gasteiger partial charge in [-0.2, -0.15) is 0 Å². The smallest absolute Gasteiger partial charge is 0.255 e. The van der Waals surface area contributed by atoms with Gasteiger partial charge >= 0.3 is 0 Å². The minimum Gasteiger partial charge on any atom is -0.388 e. The summed E-state index contributed by atoms with van der Waals surface area (Å²) in [6, 6.07) is 25.4. The molecule has 39 heavy (non-hydrogen) atoms. The Morgan fingerprint density at radius 2 is 1.15 bits per heavy atom. The SMILES string of the molecule is CNc1cc(NC(=O)c2cccc(C(C)=O)c2)cc(C(=O)Nc2ccc(C(=O)Nc3ccccc3C)cc2)c1. The Labute approximate surface area is 226 Å². The van der Waals surface area contributed by atoms with Gasteiger partial charge in [0.1, 0.15) is 0 Å². The highest BCUT2D eigenvalue weighted by molar-refractivity contribution is 6.09. The largest absolute Gasteiger partial charge is 0.388 e. The third kappa shape index (κ3) is 6.75. The molecule has 0 saturated carbocycles. The van der Waals surface area contributed by atoms with Gasteiger partial charge < -0.3 is 21.3 Å². The minimum absolute atomic E-state index is 0.138. The van der Waals surface area contributed by atoms with E-state index >= 15 is 0 Å². The molecule has 8 heteroatoms. The zero-order valence-corrected chi connectivity index (χ0v) is 21.8. The average Bonchev–Trinajstić information content (AvgIpc) is 2.94. The van der Waals surface area contributed by atoms with Crippen molar-refractivity contribution in [1.82, 2.24) is 0 Å². The van der Waals surface area contributed by atoms with Gasteiger partial charge in [0.05, 0.1) is 0 Å². The number of ketones is 1. The zero-order valence-electron chi connectivity index (χ0n) is 21.8. The van der Waals surface area contributed by atoms with Crippen LogP contribution in [-0.2, 0) is 0 Å². The highest BCUT2D eigenvalue weighted by atomic mass is 16.2. The fourth-order valence-electron chi connectivity index (χ4n) is 3.87. The molecule has 0 spiro atoms. The fraction of sp³-hybridized carbons (Fsp3) is 0.0968. The number of nitrogens with one attached hydrogen (secondary N) is 4.